The third kappa shape index (κ3) is 5.84. The smallest absolute Gasteiger partial charge is 0.247 e. The van der Waals surface area contributed by atoms with Crippen LogP contribution in [0.3, 0.4) is 0 Å². The molecule has 9 heteroatoms. The van der Waals surface area contributed by atoms with Gasteiger partial charge in [-0.1, -0.05) is 31.2 Å². The molecule has 8 nitrogen and oxygen atoms in total. The molecule has 3 atom stereocenters. The van der Waals surface area contributed by atoms with Crippen molar-refractivity contribution in [3.63, 3.8) is 0 Å². The van der Waals surface area contributed by atoms with E-state index >= 15 is 0 Å². The second kappa shape index (κ2) is 11.1. The largest absolute Gasteiger partial charge is 0.487 e. The molecule has 2 heterocycles. The highest BCUT2D eigenvalue weighted by molar-refractivity contribution is 7.89. The number of pyridine rings is 1. The number of fused-ring (bicyclic) bond motifs is 1. The molecule has 0 radical (unpaired) electrons. The Morgan fingerprint density at radius 3 is 2.76 bits per heavy atom. The Hall–Kier alpha value is -2.75. The van der Waals surface area contributed by atoms with E-state index in [9.17, 15) is 18.3 Å². The molecule has 1 aromatic carbocycles. The van der Waals surface area contributed by atoms with Crippen molar-refractivity contribution in [1.82, 2.24) is 14.2 Å². The van der Waals surface area contributed by atoms with Crippen LogP contribution in [0.15, 0.2) is 53.6 Å². The van der Waals surface area contributed by atoms with Crippen molar-refractivity contribution in [2.45, 2.75) is 44.2 Å². The molecule has 0 spiro atoms. The lowest BCUT2D eigenvalue weighted by Gasteiger charge is -2.37. The normalized spacial score (nSPS) is 21.2. The number of aliphatic hydroxyl groups is 1. The molecule has 0 saturated carbocycles. The van der Waals surface area contributed by atoms with E-state index in [0.717, 1.165) is 5.56 Å². The van der Waals surface area contributed by atoms with Crippen LogP contribution in [0.1, 0.15) is 32.0 Å². The minimum absolute atomic E-state index is 0.0559. The zero-order valence-electron chi connectivity index (χ0n) is 20.1. The Kier molecular flexibility index (Phi) is 8.46. The SMILES string of the molecule is C/C=C/c1ccc2c(c1)O[C@H](CN(C)C(=O)Cc1ccccn1)[C@@H](C)CN([C@H](C)CO)S2(=O)=O. The predicted molar refractivity (Wildman–Crippen MR) is 131 cm³/mol. The topological polar surface area (TPSA) is 100 Å². The molecule has 0 saturated heterocycles. The van der Waals surface area contributed by atoms with Crippen LogP contribution in [0.4, 0.5) is 0 Å². The molecule has 34 heavy (non-hydrogen) atoms. The van der Waals surface area contributed by atoms with Gasteiger partial charge in [-0.25, -0.2) is 8.42 Å². The van der Waals surface area contributed by atoms with Gasteiger partial charge >= 0.3 is 0 Å². The van der Waals surface area contributed by atoms with E-state index in [1.807, 2.05) is 32.1 Å². The predicted octanol–water partition coefficient (Wildman–Crippen LogP) is 2.58. The molecule has 1 aliphatic rings. The van der Waals surface area contributed by atoms with Crippen LogP contribution in [0, 0.1) is 5.92 Å². The van der Waals surface area contributed by atoms with Gasteiger partial charge in [-0.05, 0) is 43.7 Å². The summed E-state index contributed by atoms with van der Waals surface area (Å²) in [5.41, 5.74) is 1.49. The number of aliphatic hydroxyl groups excluding tert-OH is 1. The fourth-order valence-electron chi connectivity index (χ4n) is 3.92. The average molecular weight is 488 g/mol. The summed E-state index contributed by atoms with van der Waals surface area (Å²) in [5.74, 6) is -0.104. The van der Waals surface area contributed by atoms with Crippen molar-refractivity contribution < 1.29 is 23.1 Å². The fraction of sp³-hybridized carbons (Fsp3) is 0.440. The second-order valence-electron chi connectivity index (χ2n) is 8.72. The van der Waals surface area contributed by atoms with Crippen LogP contribution in [0.25, 0.3) is 6.08 Å². The number of amides is 1. The first kappa shape index (κ1) is 25.9. The first-order chi connectivity index (χ1) is 16.2. The van der Waals surface area contributed by atoms with Gasteiger partial charge in [-0.15, -0.1) is 0 Å². The number of allylic oxidation sites excluding steroid dienone is 1. The van der Waals surface area contributed by atoms with Gasteiger partial charge in [0.1, 0.15) is 16.7 Å². The summed E-state index contributed by atoms with van der Waals surface area (Å²) >= 11 is 0. The fourth-order valence-corrected chi connectivity index (χ4v) is 5.75. The van der Waals surface area contributed by atoms with Gasteiger partial charge in [0.25, 0.3) is 0 Å². The molecule has 1 amide bonds. The van der Waals surface area contributed by atoms with Gasteiger partial charge in [-0.3, -0.25) is 9.78 Å². The average Bonchev–Trinajstić information content (AvgIpc) is 2.81. The number of ether oxygens (including phenoxy) is 1. The number of hydrogen-bond acceptors (Lipinski definition) is 6. The maximum atomic E-state index is 13.5. The van der Waals surface area contributed by atoms with Gasteiger partial charge in [0.05, 0.1) is 19.6 Å². The van der Waals surface area contributed by atoms with Crippen LogP contribution in [-0.4, -0.2) is 72.5 Å². The van der Waals surface area contributed by atoms with Crippen LogP contribution in [0.2, 0.25) is 0 Å². The van der Waals surface area contributed by atoms with Gasteiger partial charge < -0.3 is 14.7 Å². The van der Waals surface area contributed by atoms with Gasteiger partial charge in [-0.2, -0.15) is 4.31 Å². The molecular weight excluding hydrogens is 454 g/mol. The molecule has 2 aromatic rings. The summed E-state index contributed by atoms with van der Waals surface area (Å²) in [4.78, 5) is 18.7. The quantitative estimate of drug-likeness (QED) is 0.644. The van der Waals surface area contributed by atoms with E-state index in [1.54, 1.807) is 55.4 Å². The zero-order chi connectivity index (χ0) is 24.9. The van der Waals surface area contributed by atoms with Gasteiger partial charge in [0.15, 0.2) is 0 Å². The van der Waals surface area contributed by atoms with Crippen molar-refractivity contribution >= 4 is 22.0 Å². The number of benzene rings is 1. The second-order valence-corrected chi connectivity index (χ2v) is 10.6. The Morgan fingerprint density at radius 2 is 2.12 bits per heavy atom. The van der Waals surface area contributed by atoms with Crippen molar-refractivity contribution in [1.29, 1.82) is 0 Å². The number of nitrogens with zero attached hydrogens (tertiary/aromatic N) is 3. The van der Waals surface area contributed by atoms with Crippen molar-refractivity contribution in [2.24, 2.45) is 5.92 Å². The molecular formula is C25H33N3O5S. The monoisotopic (exact) mass is 487 g/mol. The Morgan fingerprint density at radius 1 is 1.35 bits per heavy atom. The van der Waals surface area contributed by atoms with Gasteiger partial charge in [0.2, 0.25) is 15.9 Å². The van der Waals surface area contributed by atoms with E-state index in [-0.39, 0.29) is 48.6 Å². The first-order valence-electron chi connectivity index (χ1n) is 11.4. The Labute approximate surface area is 201 Å². The maximum Gasteiger partial charge on any atom is 0.247 e. The van der Waals surface area contributed by atoms with Gasteiger partial charge in [0, 0.05) is 37.4 Å². The molecule has 1 aliphatic heterocycles. The number of sulfonamides is 1. The van der Waals surface area contributed by atoms with E-state index in [4.69, 9.17) is 4.74 Å². The van der Waals surface area contributed by atoms with Crippen LogP contribution in [-0.2, 0) is 21.2 Å². The molecule has 0 bridgehead atoms. The summed E-state index contributed by atoms with van der Waals surface area (Å²) in [6.45, 7) is 5.60. The third-order valence-corrected chi connectivity index (χ3v) is 8.01. The molecule has 0 fully saturated rings. The lowest BCUT2D eigenvalue weighted by Crippen LogP contribution is -2.50. The Bertz CT molecular complexity index is 1120. The lowest BCUT2D eigenvalue weighted by molar-refractivity contribution is -0.130. The maximum absolute atomic E-state index is 13.5. The summed E-state index contributed by atoms with van der Waals surface area (Å²) in [6, 6.07) is 9.82. The molecule has 0 unspecified atom stereocenters. The highest BCUT2D eigenvalue weighted by Gasteiger charge is 2.38. The first-order valence-corrected chi connectivity index (χ1v) is 12.8. The number of likely N-dealkylation sites (N-methyl/N-ethyl adjacent to an activating group) is 1. The van der Waals surface area contributed by atoms with E-state index in [0.29, 0.717) is 5.69 Å². The third-order valence-electron chi connectivity index (χ3n) is 5.99. The van der Waals surface area contributed by atoms with Crippen molar-refractivity contribution in [2.75, 3.05) is 26.7 Å². The summed E-state index contributed by atoms with van der Waals surface area (Å²) < 4.78 is 34.6. The number of rotatable bonds is 7. The Balaban J connectivity index is 1.94. The van der Waals surface area contributed by atoms with Crippen molar-refractivity contribution in [3.05, 3.63) is 59.9 Å². The van der Waals surface area contributed by atoms with E-state index in [2.05, 4.69) is 4.98 Å². The minimum Gasteiger partial charge on any atom is -0.487 e. The molecule has 184 valence electrons. The summed E-state index contributed by atoms with van der Waals surface area (Å²) in [7, 11) is -2.18. The number of hydrogen-bond donors (Lipinski definition) is 1. The molecule has 0 aliphatic carbocycles. The molecule has 1 N–H and O–H groups in total. The van der Waals surface area contributed by atoms with Crippen LogP contribution < -0.4 is 4.74 Å². The number of aromatic nitrogens is 1. The zero-order valence-corrected chi connectivity index (χ0v) is 20.9. The van der Waals surface area contributed by atoms with Crippen LogP contribution in [0.5, 0.6) is 5.75 Å². The summed E-state index contributed by atoms with van der Waals surface area (Å²) in [5, 5.41) is 9.75. The highest BCUT2D eigenvalue weighted by Crippen LogP contribution is 2.34. The molecule has 3 rings (SSSR count). The highest BCUT2D eigenvalue weighted by atomic mass is 32.2. The minimum atomic E-state index is -3.89. The van der Waals surface area contributed by atoms with Crippen molar-refractivity contribution in [3.8, 4) is 5.75 Å². The summed E-state index contributed by atoms with van der Waals surface area (Å²) in [6.07, 6.45) is 5.09. The molecule has 1 aromatic heterocycles. The van der Waals surface area contributed by atoms with E-state index < -0.39 is 22.2 Å². The number of carbonyl (C=O) groups excluding carboxylic acids is 1. The van der Waals surface area contributed by atoms with E-state index in [1.165, 1.54) is 4.31 Å². The number of carbonyl (C=O) groups is 1. The lowest BCUT2D eigenvalue weighted by atomic mass is 10.0. The van der Waals surface area contributed by atoms with Crippen LogP contribution >= 0.6 is 0 Å². The standard InChI is InChI=1S/C25H33N3O5S/c1-5-8-20-10-11-24-22(13-20)33-23(18(2)15-28(19(3)17-29)34(24,31)32)16-27(4)25(30)14-21-9-6-7-12-26-21/h5-13,18-19,23,29H,14-17H2,1-4H3/b8-5+/t18-,19+,23+/m0/s1.